The van der Waals surface area contributed by atoms with Crippen LogP contribution < -0.4 is 15.5 Å². The van der Waals surface area contributed by atoms with Crippen LogP contribution in [0, 0.1) is 0 Å². The lowest BCUT2D eigenvalue weighted by Crippen LogP contribution is -2.34. The van der Waals surface area contributed by atoms with Gasteiger partial charge in [-0.15, -0.1) is 0 Å². The molecule has 0 aliphatic heterocycles. The Morgan fingerprint density at radius 2 is 2.12 bits per heavy atom. The minimum absolute atomic E-state index is 0.0337. The summed E-state index contributed by atoms with van der Waals surface area (Å²) >= 11 is 1.48. The number of hydrogen-bond acceptors (Lipinski definition) is 7. The number of hydrogen-bond donors (Lipinski definition) is 3. The monoisotopic (exact) mass is 370 g/mol. The maximum absolute atomic E-state index is 12.2. The van der Waals surface area contributed by atoms with Crippen LogP contribution in [0.1, 0.15) is 12.5 Å². The van der Waals surface area contributed by atoms with Gasteiger partial charge in [0.2, 0.25) is 0 Å². The SMILES string of the molecule is COc1cccc(/C=N/NC(=O)[C@@H](C)Nc2nc3ccccc3s2)c1O. The fourth-order valence-electron chi connectivity index (χ4n) is 2.26. The van der Waals surface area contributed by atoms with E-state index in [4.69, 9.17) is 4.74 Å². The number of aromatic hydroxyl groups is 1. The number of phenolic OH excluding ortho intramolecular Hbond substituents is 1. The molecule has 26 heavy (non-hydrogen) atoms. The van der Waals surface area contributed by atoms with Gasteiger partial charge in [0.05, 0.1) is 23.5 Å². The van der Waals surface area contributed by atoms with Crippen molar-refractivity contribution in [3.05, 3.63) is 48.0 Å². The van der Waals surface area contributed by atoms with Crippen LogP contribution in [0.2, 0.25) is 0 Å². The molecule has 3 rings (SSSR count). The fraction of sp³-hybridized carbons (Fsp3) is 0.167. The number of nitrogens with zero attached hydrogens (tertiary/aromatic N) is 2. The molecule has 7 nitrogen and oxygen atoms in total. The van der Waals surface area contributed by atoms with E-state index >= 15 is 0 Å². The minimum Gasteiger partial charge on any atom is -0.504 e. The molecule has 0 bridgehead atoms. The number of para-hydroxylation sites is 2. The number of aromatic nitrogens is 1. The number of thiazole rings is 1. The van der Waals surface area contributed by atoms with E-state index in [9.17, 15) is 9.90 Å². The molecule has 1 heterocycles. The van der Waals surface area contributed by atoms with Crippen LogP contribution in [0.5, 0.6) is 11.5 Å². The molecule has 0 radical (unpaired) electrons. The van der Waals surface area contributed by atoms with E-state index in [0.29, 0.717) is 16.4 Å². The molecule has 1 amide bonds. The lowest BCUT2D eigenvalue weighted by molar-refractivity contribution is -0.121. The van der Waals surface area contributed by atoms with E-state index in [1.54, 1.807) is 25.1 Å². The van der Waals surface area contributed by atoms with Gasteiger partial charge in [-0.25, -0.2) is 10.4 Å². The molecule has 0 fully saturated rings. The largest absolute Gasteiger partial charge is 0.504 e. The van der Waals surface area contributed by atoms with Gasteiger partial charge < -0.3 is 15.2 Å². The molecule has 1 atom stereocenters. The summed E-state index contributed by atoms with van der Waals surface area (Å²) in [4.78, 5) is 16.6. The van der Waals surface area contributed by atoms with Crippen molar-refractivity contribution < 1.29 is 14.6 Å². The normalized spacial score (nSPS) is 12.2. The molecule has 0 spiro atoms. The van der Waals surface area contributed by atoms with Crippen LogP contribution in [0.3, 0.4) is 0 Å². The Balaban J connectivity index is 1.60. The topological polar surface area (TPSA) is 95.8 Å². The fourth-order valence-corrected chi connectivity index (χ4v) is 3.21. The number of fused-ring (bicyclic) bond motifs is 1. The number of rotatable bonds is 6. The number of nitrogens with one attached hydrogen (secondary N) is 2. The van der Waals surface area contributed by atoms with Gasteiger partial charge in [-0.2, -0.15) is 5.10 Å². The first-order chi connectivity index (χ1) is 12.6. The summed E-state index contributed by atoms with van der Waals surface area (Å²) in [5, 5.41) is 17.6. The van der Waals surface area contributed by atoms with Crippen molar-refractivity contribution in [1.82, 2.24) is 10.4 Å². The minimum atomic E-state index is -0.522. The van der Waals surface area contributed by atoms with Crippen LogP contribution >= 0.6 is 11.3 Å². The molecule has 0 aliphatic rings. The summed E-state index contributed by atoms with van der Waals surface area (Å²) in [6.45, 7) is 1.72. The number of methoxy groups -OCH3 is 1. The zero-order chi connectivity index (χ0) is 18.5. The number of phenols is 1. The average Bonchev–Trinajstić information content (AvgIpc) is 3.05. The Morgan fingerprint density at radius 3 is 2.88 bits per heavy atom. The molecular formula is C18H18N4O3S. The van der Waals surface area contributed by atoms with E-state index < -0.39 is 6.04 Å². The van der Waals surface area contributed by atoms with Gasteiger partial charge in [0.15, 0.2) is 16.6 Å². The quantitative estimate of drug-likeness (QED) is 0.458. The molecule has 0 saturated carbocycles. The summed E-state index contributed by atoms with van der Waals surface area (Å²) in [5.41, 5.74) is 3.77. The number of hydrazone groups is 1. The molecule has 134 valence electrons. The van der Waals surface area contributed by atoms with Gasteiger partial charge in [-0.05, 0) is 31.2 Å². The second-order valence-electron chi connectivity index (χ2n) is 5.49. The highest BCUT2D eigenvalue weighted by atomic mass is 32.1. The molecule has 0 aliphatic carbocycles. The lowest BCUT2D eigenvalue weighted by Gasteiger charge is -2.10. The van der Waals surface area contributed by atoms with E-state index in [-0.39, 0.29) is 11.7 Å². The highest BCUT2D eigenvalue weighted by Crippen LogP contribution is 2.28. The number of carbonyl (C=O) groups is 1. The molecule has 1 aromatic heterocycles. The third-order valence-electron chi connectivity index (χ3n) is 3.66. The van der Waals surface area contributed by atoms with E-state index in [0.717, 1.165) is 10.2 Å². The Morgan fingerprint density at radius 1 is 1.31 bits per heavy atom. The molecular weight excluding hydrogens is 352 g/mol. The molecule has 3 N–H and O–H groups in total. The van der Waals surface area contributed by atoms with E-state index in [1.165, 1.54) is 24.7 Å². The van der Waals surface area contributed by atoms with Crippen molar-refractivity contribution in [2.75, 3.05) is 12.4 Å². The Kier molecular flexibility index (Phi) is 5.33. The number of benzene rings is 2. The number of ether oxygens (including phenoxy) is 1. The molecule has 0 saturated heterocycles. The second kappa shape index (κ2) is 7.83. The molecule has 2 aromatic carbocycles. The first-order valence-electron chi connectivity index (χ1n) is 7.89. The van der Waals surface area contributed by atoms with Crippen LogP contribution in [-0.2, 0) is 4.79 Å². The third kappa shape index (κ3) is 3.92. The lowest BCUT2D eigenvalue weighted by atomic mass is 10.2. The standard InChI is InChI=1S/C18H18N4O3S/c1-11(20-18-21-13-7-3-4-9-15(13)26-18)17(24)22-19-10-12-6-5-8-14(25-2)16(12)23/h3-11,23H,1-2H3,(H,20,21)(H,22,24)/b19-10+/t11-/m1/s1. The summed E-state index contributed by atoms with van der Waals surface area (Å²) in [6.07, 6.45) is 1.36. The van der Waals surface area contributed by atoms with Gasteiger partial charge in [0.25, 0.3) is 5.91 Å². The van der Waals surface area contributed by atoms with Crippen molar-refractivity contribution in [3.8, 4) is 11.5 Å². The highest BCUT2D eigenvalue weighted by Gasteiger charge is 2.14. The summed E-state index contributed by atoms with van der Waals surface area (Å²) in [6, 6.07) is 12.3. The number of anilines is 1. The zero-order valence-corrected chi connectivity index (χ0v) is 15.1. The van der Waals surface area contributed by atoms with Gasteiger partial charge in [-0.1, -0.05) is 29.5 Å². The Hall–Kier alpha value is -3.13. The summed E-state index contributed by atoms with van der Waals surface area (Å²) in [7, 11) is 1.47. The number of amides is 1. The smallest absolute Gasteiger partial charge is 0.262 e. The highest BCUT2D eigenvalue weighted by molar-refractivity contribution is 7.22. The Bertz CT molecular complexity index is 922. The van der Waals surface area contributed by atoms with Crippen LogP contribution in [-0.4, -0.2) is 35.4 Å². The van der Waals surface area contributed by atoms with Crippen molar-refractivity contribution in [2.24, 2.45) is 5.10 Å². The predicted octanol–water partition coefficient (Wildman–Crippen LogP) is 2.96. The predicted molar refractivity (Wildman–Crippen MR) is 103 cm³/mol. The summed E-state index contributed by atoms with van der Waals surface area (Å²) < 4.78 is 6.08. The van der Waals surface area contributed by atoms with Crippen LogP contribution in [0.4, 0.5) is 5.13 Å². The van der Waals surface area contributed by atoms with Gasteiger partial charge in [0.1, 0.15) is 6.04 Å². The van der Waals surface area contributed by atoms with Crippen molar-refractivity contribution in [1.29, 1.82) is 0 Å². The molecule has 3 aromatic rings. The van der Waals surface area contributed by atoms with Gasteiger partial charge in [-0.3, -0.25) is 4.79 Å². The van der Waals surface area contributed by atoms with E-state index in [2.05, 4.69) is 20.8 Å². The van der Waals surface area contributed by atoms with Crippen molar-refractivity contribution in [3.63, 3.8) is 0 Å². The second-order valence-corrected chi connectivity index (χ2v) is 6.52. The third-order valence-corrected chi connectivity index (χ3v) is 4.62. The average molecular weight is 370 g/mol. The van der Waals surface area contributed by atoms with Crippen molar-refractivity contribution in [2.45, 2.75) is 13.0 Å². The zero-order valence-electron chi connectivity index (χ0n) is 14.3. The molecule has 0 unspecified atom stereocenters. The maximum Gasteiger partial charge on any atom is 0.262 e. The summed E-state index contributed by atoms with van der Waals surface area (Å²) in [5.74, 6) is -0.0114. The first kappa shape index (κ1) is 17.7. The van der Waals surface area contributed by atoms with Crippen molar-refractivity contribution >= 4 is 38.8 Å². The Labute approximate surface area is 154 Å². The first-order valence-corrected chi connectivity index (χ1v) is 8.71. The van der Waals surface area contributed by atoms with E-state index in [1.807, 2.05) is 24.3 Å². The maximum atomic E-state index is 12.2. The van der Waals surface area contributed by atoms with Crippen LogP contribution in [0.15, 0.2) is 47.6 Å². The number of carbonyl (C=O) groups excluding carboxylic acids is 1. The van der Waals surface area contributed by atoms with Crippen LogP contribution in [0.25, 0.3) is 10.2 Å². The molecule has 8 heteroatoms. The van der Waals surface area contributed by atoms with Gasteiger partial charge >= 0.3 is 0 Å². The van der Waals surface area contributed by atoms with Gasteiger partial charge in [0, 0.05) is 5.56 Å².